The number of carbonyl (C=O) groups excluding carboxylic acids is 2. The van der Waals surface area contributed by atoms with Crippen molar-refractivity contribution in [3.63, 3.8) is 0 Å². The van der Waals surface area contributed by atoms with E-state index in [1.54, 1.807) is 6.20 Å². The summed E-state index contributed by atoms with van der Waals surface area (Å²) in [5.41, 5.74) is 2.35. The lowest BCUT2D eigenvalue weighted by Gasteiger charge is -2.10. The van der Waals surface area contributed by atoms with Gasteiger partial charge >= 0.3 is 0 Å². The number of amides is 1. The Morgan fingerprint density at radius 2 is 1.59 bits per heavy atom. The number of nitrogens with one attached hydrogen (secondary N) is 1. The van der Waals surface area contributed by atoms with Crippen molar-refractivity contribution in [2.24, 2.45) is 0 Å². The lowest BCUT2D eigenvalue weighted by Crippen LogP contribution is -2.18. The Kier molecular flexibility index (Phi) is 4.47. The molecule has 0 saturated carbocycles. The summed E-state index contributed by atoms with van der Waals surface area (Å²) >= 11 is 0. The molecule has 134 valence electrons. The third-order valence-corrected chi connectivity index (χ3v) is 4.79. The summed E-state index contributed by atoms with van der Waals surface area (Å²) in [4.78, 5) is 25.0. The fourth-order valence-corrected chi connectivity index (χ4v) is 3.47. The first-order valence-electron chi connectivity index (χ1n) is 9.06. The zero-order chi connectivity index (χ0) is 18.8. The van der Waals surface area contributed by atoms with Crippen LogP contribution in [0, 0.1) is 0 Å². The summed E-state index contributed by atoms with van der Waals surface area (Å²) in [6, 6.07) is 21.5. The number of nitrogens with zero attached hydrogens (tertiary/aromatic N) is 1. The van der Waals surface area contributed by atoms with Gasteiger partial charge in [-0.25, -0.2) is 0 Å². The van der Waals surface area contributed by atoms with Crippen molar-refractivity contribution >= 4 is 39.1 Å². The van der Waals surface area contributed by atoms with E-state index in [9.17, 15) is 9.59 Å². The molecule has 1 heterocycles. The molecular formula is C23H20N2O2. The molecule has 0 aliphatic carbocycles. The Balaban J connectivity index is 1.64. The molecular weight excluding hydrogens is 336 g/mol. The first-order chi connectivity index (χ1) is 13.2. The molecule has 0 spiro atoms. The summed E-state index contributed by atoms with van der Waals surface area (Å²) < 4.78 is 1.85. The highest BCUT2D eigenvalue weighted by Crippen LogP contribution is 2.25. The average molecular weight is 356 g/mol. The van der Waals surface area contributed by atoms with Gasteiger partial charge in [0.25, 0.3) is 0 Å². The zero-order valence-corrected chi connectivity index (χ0v) is 15.1. The third-order valence-electron chi connectivity index (χ3n) is 4.79. The van der Waals surface area contributed by atoms with Crippen molar-refractivity contribution in [2.45, 2.75) is 19.9 Å². The molecule has 1 amide bonds. The van der Waals surface area contributed by atoms with Crippen LogP contribution in [0.25, 0.3) is 21.7 Å². The third kappa shape index (κ3) is 3.22. The van der Waals surface area contributed by atoms with Gasteiger partial charge in [-0.05, 0) is 17.5 Å². The Morgan fingerprint density at radius 3 is 2.41 bits per heavy atom. The second-order valence-electron chi connectivity index (χ2n) is 6.54. The van der Waals surface area contributed by atoms with E-state index in [-0.39, 0.29) is 18.2 Å². The molecule has 1 aromatic heterocycles. The van der Waals surface area contributed by atoms with Crippen LogP contribution in [0.15, 0.2) is 72.9 Å². The molecule has 4 rings (SSSR count). The second kappa shape index (κ2) is 7.08. The standard InChI is InChI=1S/C23H20N2O2/c1-2-22(26)19-14-25(21-13-6-5-11-18(19)21)15-23(27)24-20-12-7-9-16-8-3-4-10-17(16)20/h3-14H,2,15H2,1H3,(H,24,27). The van der Waals surface area contributed by atoms with Crippen molar-refractivity contribution in [3.05, 3.63) is 78.5 Å². The number of aromatic nitrogens is 1. The molecule has 3 aromatic carbocycles. The van der Waals surface area contributed by atoms with Crippen LogP contribution >= 0.6 is 0 Å². The van der Waals surface area contributed by atoms with Gasteiger partial charge in [0, 0.05) is 40.2 Å². The molecule has 4 aromatic rings. The number of rotatable bonds is 5. The van der Waals surface area contributed by atoms with E-state index in [0.717, 1.165) is 27.4 Å². The molecule has 0 atom stereocenters. The number of fused-ring (bicyclic) bond motifs is 2. The molecule has 0 bridgehead atoms. The van der Waals surface area contributed by atoms with Gasteiger partial charge in [-0.15, -0.1) is 0 Å². The van der Waals surface area contributed by atoms with Crippen LogP contribution in [0.3, 0.4) is 0 Å². The second-order valence-corrected chi connectivity index (χ2v) is 6.54. The van der Waals surface area contributed by atoms with E-state index in [0.29, 0.717) is 12.0 Å². The number of hydrogen-bond donors (Lipinski definition) is 1. The molecule has 0 radical (unpaired) electrons. The fourth-order valence-electron chi connectivity index (χ4n) is 3.47. The van der Waals surface area contributed by atoms with Gasteiger partial charge in [0.15, 0.2) is 5.78 Å². The lowest BCUT2D eigenvalue weighted by atomic mass is 10.1. The van der Waals surface area contributed by atoms with E-state index in [2.05, 4.69) is 5.32 Å². The van der Waals surface area contributed by atoms with Gasteiger partial charge in [-0.3, -0.25) is 9.59 Å². The van der Waals surface area contributed by atoms with Gasteiger partial charge in [-0.2, -0.15) is 0 Å². The Hall–Kier alpha value is -3.40. The van der Waals surface area contributed by atoms with Crippen molar-refractivity contribution < 1.29 is 9.59 Å². The highest BCUT2D eigenvalue weighted by atomic mass is 16.2. The first kappa shape index (κ1) is 17.0. The summed E-state index contributed by atoms with van der Waals surface area (Å²) in [6.07, 6.45) is 2.23. The monoisotopic (exact) mass is 356 g/mol. The molecule has 0 aliphatic rings. The van der Waals surface area contributed by atoms with Crippen LogP contribution in [0.5, 0.6) is 0 Å². The van der Waals surface area contributed by atoms with Crippen LogP contribution in [-0.4, -0.2) is 16.3 Å². The molecule has 4 heteroatoms. The van der Waals surface area contributed by atoms with Crippen molar-refractivity contribution in [1.82, 2.24) is 4.57 Å². The molecule has 0 saturated heterocycles. The van der Waals surface area contributed by atoms with Gasteiger partial charge in [0.05, 0.1) is 0 Å². The lowest BCUT2D eigenvalue weighted by molar-refractivity contribution is -0.116. The highest BCUT2D eigenvalue weighted by molar-refractivity contribution is 6.08. The minimum absolute atomic E-state index is 0.0828. The minimum atomic E-state index is -0.123. The van der Waals surface area contributed by atoms with Crippen LogP contribution in [0.1, 0.15) is 23.7 Å². The van der Waals surface area contributed by atoms with Crippen LogP contribution in [-0.2, 0) is 11.3 Å². The Bertz CT molecular complexity index is 1150. The smallest absolute Gasteiger partial charge is 0.244 e. The zero-order valence-electron chi connectivity index (χ0n) is 15.1. The van der Waals surface area contributed by atoms with Crippen molar-refractivity contribution in [2.75, 3.05) is 5.32 Å². The Morgan fingerprint density at radius 1 is 0.889 bits per heavy atom. The number of benzene rings is 3. The van der Waals surface area contributed by atoms with Gasteiger partial charge in [-0.1, -0.05) is 61.5 Å². The number of ketones is 1. The van der Waals surface area contributed by atoms with Gasteiger partial charge in [0.1, 0.15) is 6.54 Å². The highest BCUT2D eigenvalue weighted by Gasteiger charge is 2.15. The maximum absolute atomic E-state index is 12.7. The van der Waals surface area contributed by atoms with Crippen molar-refractivity contribution in [1.29, 1.82) is 0 Å². The number of carbonyl (C=O) groups is 2. The molecule has 4 nitrogen and oxygen atoms in total. The quantitative estimate of drug-likeness (QED) is 0.510. The minimum Gasteiger partial charge on any atom is -0.337 e. The van der Waals surface area contributed by atoms with Crippen LogP contribution in [0.4, 0.5) is 5.69 Å². The molecule has 0 fully saturated rings. The predicted octanol–water partition coefficient (Wildman–Crippen LogP) is 5.03. The summed E-state index contributed by atoms with van der Waals surface area (Å²) in [7, 11) is 0. The first-order valence-corrected chi connectivity index (χ1v) is 9.06. The van der Waals surface area contributed by atoms with Crippen molar-refractivity contribution in [3.8, 4) is 0 Å². The fraction of sp³-hybridized carbons (Fsp3) is 0.130. The molecule has 1 N–H and O–H groups in total. The van der Waals surface area contributed by atoms with Crippen LogP contribution < -0.4 is 5.32 Å². The summed E-state index contributed by atoms with van der Waals surface area (Å²) in [6.45, 7) is 2.00. The number of para-hydroxylation sites is 1. The topological polar surface area (TPSA) is 51.1 Å². The summed E-state index contributed by atoms with van der Waals surface area (Å²) in [5.74, 6) is -0.0398. The summed E-state index contributed by atoms with van der Waals surface area (Å²) in [5, 5.41) is 5.98. The van der Waals surface area contributed by atoms with E-state index >= 15 is 0 Å². The predicted molar refractivity (Wildman–Crippen MR) is 109 cm³/mol. The SMILES string of the molecule is CCC(=O)c1cn(CC(=O)Nc2cccc3ccccc23)c2ccccc12. The van der Waals surface area contributed by atoms with Gasteiger partial charge < -0.3 is 9.88 Å². The maximum atomic E-state index is 12.7. The molecule has 0 aliphatic heterocycles. The van der Waals surface area contributed by atoms with E-state index in [1.807, 2.05) is 78.2 Å². The molecule has 0 unspecified atom stereocenters. The number of Topliss-reactive ketones (excluding diaryl/α,β-unsaturated/α-hetero) is 1. The Labute approximate surface area is 157 Å². The normalized spacial score (nSPS) is 11.0. The molecule has 27 heavy (non-hydrogen) atoms. The average Bonchev–Trinajstić information content (AvgIpc) is 3.06. The van der Waals surface area contributed by atoms with E-state index in [4.69, 9.17) is 0 Å². The number of hydrogen-bond acceptors (Lipinski definition) is 2. The van der Waals surface area contributed by atoms with E-state index in [1.165, 1.54) is 0 Å². The number of anilines is 1. The van der Waals surface area contributed by atoms with Gasteiger partial charge in [0.2, 0.25) is 5.91 Å². The van der Waals surface area contributed by atoms with Crippen LogP contribution in [0.2, 0.25) is 0 Å². The van der Waals surface area contributed by atoms with E-state index < -0.39 is 0 Å². The maximum Gasteiger partial charge on any atom is 0.244 e. The largest absolute Gasteiger partial charge is 0.337 e.